The van der Waals surface area contributed by atoms with E-state index in [1.807, 2.05) is 43.3 Å². The van der Waals surface area contributed by atoms with Crippen LogP contribution < -0.4 is 10.6 Å². The lowest BCUT2D eigenvalue weighted by atomic mass is 10.0. The predicted octanol–water partition coefficient (Wildman–Crippen LogP) is 3.41. The van der Waals surface area contributed by atoms with Gasteiger partial charge in [-0.2, -0.15) is 0 Å². The van der Waals surface area contributed by atoms with Crippen LogP contribution in [-0.4, -0.2) is 65.9 Å². The molecule has 0 radical (unpaired) electrons. The van der Waals surface area contributed by atoms with Crippen molar-refractivity contribution in [1.29, 1.82) is 0 Å². The molecule has 2 unspecified atom stereocenters. The van der Waals surface area contributed by atoms with Gasteiger partial charge in [-0.3, -0.25) is 4.79 Å². The second-order valence-electron chi connectivity index (χ2n) is 9.91. The molecule has 39 heavy (non-hydrogen) atoms. The van der Waals surface area contributed by atoms with Crippen molar-refractivity contribution in [2.75, 3.05) is 11.9 Å². The Balaban J connectivity index is 1.35. The summed E-state index contributed by atoms with van der Waals surface area (Å²) in [5.41, 5.74) is 2.14. The van der Waals surface area contributed by atoms with Crippen LogP contribution in [-0.2, 0) is 4.79 Å². The average molecular weight is 566 g/mol. The summed E-state index contributed by atoms with van der Waals surface area (Å²) in [4.78, 5) is 22.9. The Morgan fingerprint density at radius 1 is 1.10 bits per heavy atom. The molecule has 12 heteroatoms. The fourth-order valence-electron chi connectivity index (χ4n) is 5.23. The molecule has 4 aromatic rings. The number of halogens is 1. The smallest absolute Gasteiger partial charge is 0.225 e. The van der Waals surface area contributed by atoms with Crippen molar-refractivity contribution in [3.05, 3.63) is 65.2 Å². The minimum absolute atomic E-state index is 0.181. The largest absolute Gasteiger partial charge is 0.390 e. The van der Waals surface area contributed by atoms with E-state index in [9.17, 15) is 15.0 Å². The van der Waals surface area contributed by atoms with Gasteiger partial charge in [0.1, 0.15) is 6.10 Å². The zero-order chi connectivity index (χ0) is 27.1. The number of carbonyl (C=O) groups excluding carboxylic acids is 1. The Bertz CT molecular complexity index is 1500. The maximum atomic E-state index is 12.5. The van der Waals surface area contributed by atoms with E-state index in [1.54, 1.807) is 6.07 Å². The van der Waals surface area contributed by atoms with E-state index in [1.165, 1.54) is 22.0 Å². The Morgan fingerprint density at radius 3 is 2.69 bits per heavy atom. The van der Waals surface area contributed by atoms with Gasteiger partial charge in [-0.15, -0.1) is 5.10 Å². The molecule has 2 aromatic heterocycles. The fourth-order valence-corrected chi connectivity index (χ4v) is 6.30. The quantitative estimate of drug-likeness (QED) is 0.237. The summed E-state index contributed by atoms with van der Waals surface area (Å²) in [5, 5.41) is 37.6. The third-order valence-electron chi connectivity index (χ3n) is 7.30. The molecule has 2 heterocycles. The van der Waals surface area contributed by atoms with Crippen LogP contribution in [0, 0.1) is 5.92 Å². The molecule has 2 aliphatic rings. The van der Waals surface area contributed by atoms with Crippen molar-refractivity contribution < 1.29 is 15.0 Å². The molecule has 2 saturated carbocycles. The third-order valence-corrected chi connectivity index (χ3v) is 8.39. The second kappa shape index (κ2) is 10.7. The molecule has 2 aromatic carbocycles. The maximum Gasteiger partial charge on any atom is 0.225 e. The highest BCUT2D eigenvalue weighted by Crippen LogP contribution is 2.44. The molecule has 6 rings (SSSR count). The summed E-state index contributed by atoms with van der Waals surface area (Å²) in [6, 6.07) is 17.2. The molecule has 202 valence electrons. The van der Waals surface area contributed by atoms with Crippen molar-refractivity contribution in [2.45, 2.75) is 60.0 Å². The number of benzene rings is 2. The van der Waals surface area contributed by atoms with Crippen LogP contribution in [0.15, 0.2) is 64.6 Å². The zero-order valence-electron chi connectivity index (χ0n) is 21.1. The van der Waals surface area contributed by atoms with E-state index in [0.29, 0.717) is 39.6 Å². The lowest BCUT2D eigenvalue weighted by molar-refractivity contribution is -0.128. The number of carbonyl (C=O) groups is 1. The van der Waals surface area contributed by atoms with E-state index in [-0.39, 0.29) is 18.4 Å². The zero-order valence-corrected chi connectivity index (χ0v) is 22.7. The van der Waals surface area contributed by atoms with Crippen molar-refractivity contribution in [2.24, 2.45) is 5.92 Å². The van der Waals surface area contributed by atoms with E-state index < -0.39 is 24.2 Å². The van der Waals surface area contributed by atoms with E-state index >= 15 is 0 Å². The molecule has 0 aliphatic heterocycles. The molecular formula is C27H28ClN7O3S. The topological polar surface area (TPSA) is 138 Å². The summed E-state index contributed by atoms with van der Waals surface area (Å²) in [7, 11) is 0. The van der Waals surface area contributed by atoms with Gasteiger partial charge in [-0.05, 0) is 55.3 Å². The van der Waals surface area contributed by atoms with Crippen LogP contribution in [0.3, 0.4) is 0 Å². The lowest BCUT2D eigenvalue weighted by Gasteiger charge is -2.17. The molecule has 2 fully saturated rings. The van der Waals surface area contributed by atoms with Crippen LogP contribution in [0.5, 0.6) is 0 Å². The maximum absolute atomic E-state index is 12.5. The van der Waals surface area contributed by atoms with Crippen LogP contribution >= 0.6 is 23.4 Å². The number of hydrogen-bond donors (Lipinski definition) is 4. The van der Waals surface area contributed by atoms with E-state index in [0.717, 1.165) is 11.3 Å². The number of aromatic nitrogens is 5. The summed E-state index contributed by atoms with van der Waals surface area (Å²) >= 11 is 7.55. The van der Waals surface area contributed by atoms with Gasteiger partial charge in [0.2, 0.25) is 5.91 Å². The van der Waals surface area contributed by atoms with Gasteiger partial charge in [0.15, 0.2) is 22.1 Å². The Hall–Kier alpha value is -3.25. The Morgan fingerprint density at radius 2 is 1.92 bits per heavy atom. The SMILES string of the molecule is CCNC(=O)[C@@H]1C[C@H](n2nnc3c(NC4CC4c4ccccc4)nc(Sc4cccc(Cl)c4)nc32)[C@@H](O)[C@H]1O. The summed E-state index contributed by atoms with van der Waals surface area (Å²) in [5.74, 6) is -0.152. The number of hydrogen-bond acceptors (Lipinski definition) is 9. The minimum atomic E-state index is -1.22. The number of anilines is 1. The minimum Gasteiger partial charge on any atom is -0.390 e. The van der Waals surface area contributed by atoms with Gasteiger partial charge in [0, 0.05) is 28.4 Å². The first-order valence-corrected chi connectivity index (χ1v) is 14.1. The van der Waals surface area contributed by atoms with Gasteiger partial charge in [-0.1, -0.05) is 53.2 Å². The molecule has 0 bridgehead atoms. The molecule has 1 amide bonds. The van der Waals surface area contributed by atoms with Crippen molar-refractivity contribution >= 4 is 46.3 Å². The summed E-state index contributed by atoms with van der Waals surface area (Å²) in [6.07, 6.45) is -1.26. The first-order valence-electron chi connectivity index (χ1n) is 12.9. The summed E-state index contributed by atoms with van der Waals surface area (Å²) < 4.78 is 1.51. The second-order valence-corrected chi connectivity index (χ2v) is 11.4. The Kier molecular flexibility index (Phi) is 7.15. The number of aliphatic hydroxyl groups excluding tert-OH is 2. The highest BCUT2D eigenvalue weighted by Gasteiger charge is 2.47. The number of fused-ring (bicyclic) bond motifs is 1. The van der Waals surface area contributed by atoms with Crippen LogP contribution in [0.1, 0.15) is 37.3 Å². The third kappa shape index (κ3) is 5.19. The average Bonchev–Trinajstić information content (AvgIpc) is 3.47. The summed E-state index contributed by atoms with van der Waals surface area (Å²) in [6.45, 7) is 2.25. The lowest BCUT2D eigenvalue weighted by Crippen LogP contribution is -2.38. The highest BCUT2D eigenvalue weighted by molar-refractivity contribution is 7.99. The molecule has 2 aliphatic carbocycles. The van der Waals surface area contributed by atoms with Gasteiger partial charge in [0.05, 0.1) is 18.1 Å². The first-order chi connectivity index (χ1) is 18.9. The molecular weight excluding hydrogens is 538 g/mol. The molecule has 4 N–H and O–H groups in total. The normalized spacial score (nSPS) is 26.1. The standard InChI is InChI=1S/C27H28ClN7O3S/c1-2-29-26(38)18-13-20(23(37)22(18)36)35-25-21(33-34-35)24(30-19-12-17(19)14-7-4-3-5-8-14)31-27(32-25)39-16-10-6-9-15(28)11-16/h3-11,17-20,22-23,36-37H,2,12-13H2,1H3,(H,29,38)(H,30,31,32)/t17?,18-,19?,20+,22+,23-/m1/s1. The molecule has 0 spiro atoms. The number of rotatable bonds is 8. The van der Waals surface area contributed by atoms with Crippen LogP contribution in [0.25, 0.3) is 11.2 Å². The number of aliphatic hydroxyl groups is 2. The van der Waals surface area contributed by atoms with Crippen molar-refractivity contribution in [1.82, 2.24) is 30.3 Å². The molecule has 10 nitrogen and oxygen atoms in total. The van der Waals surface area contributed by atoms with E-state index in [2.05, 4.69) is 33.1 Å². The van der Waals surface area contributed by atoms with Crippen LogP contribution in [0.2, 0.25) is 5.02 Å². The number of amides is 1. The number of nitrogens with one attached hydrogen (secondary N) is 2. The van der Waals surface area contributed by atoms with Gasteiger partial charge >= 0.3 is 0 Å². The van der Waals surface area contributed by atoms with Gasteiger partial charge < -0.3 is 20.8 Å². The van der Waals surface area contributed by atoms with Crippen molar-refractivity contribution in [3.63, 3.8) is 0 Å². The van der Waals surface area contributed by atoms with Gasteiger partial charge in [0.25, 0.3) is 0 Å². The van der Waals surface area contributed by atoms with Gasteiger partial charge in [-0.25, -0.2) is 14.6 Å². The molecule has 0 saturated heterocycles. The predicted molar refractivity (Wildman–Crippen MR) is 148 cm³/mol. The first kappa shape index (κ1) is 26.0. The molecule has 6 atom stereocenters. The Labute approximate surface area is 234 Å². The van der Waals surface area contributed by atoms with E-state index in [4.69, 9.17) is 21.6 Å². The van der Waals surface area contributed by atoms with Crippen LogP contribution in [0.4, 0.5) is 5.82 Å². The highest BCUT2D eigenvalue weighted by atomic mass is 35.5. The number of nitrogens with zero attached hydrogens (tertiary/aromatic N) is 5. The van der Waals surface area contributed by atoms with Crippen molar-refractivity contribution in [3.8, 4) is 0 Å². The monoisotopic (exact) mass is 565 g/mol. The fraction of sp³-hybridized carbons (Fsp3) is 0.370.